The van der Waals surface area contributed by atoms with Crippen LogP contribution < -0.4 is 10.1 Å². The van der Waals surface area contributed by atoms with Crippen molar-refractivity contribution in [3.63, 3.8) is 0 Å². The Bertz CT molecular complexity index is 1500. The molecule has 0 saturated carbocycles. The summed E-state index contributed by atoms with van der Waals surface area (Å²) >= 11 is 0. The van der Waals surface area contributed by atoms with Crippen LogP contribution in [0, 0.1) is 17.1 Å². The number of pyridine rings is 2. The molecule has 0 saturated heterocycles. The van der Waals surface area contributed by atoms with E-state index < -0.39 is 15.7 Å². The summed E-state index contributed by atoms with van der Waals surface area (Å²) < 4.78 is 48.8. The van der Waals surface area contributed by atoms with Crippen LogP contribution in [0.5, 0.6) is 5.75 Å². The van der Waals surface area contributed by atoms with Gasteiger partial charge in [0.05, 0.1) is 28.6 Å². The molecule has 11 heteroatoms. The molecule has 0 amide bonds. The molecule has 0 fully saturated rings. The molecule has 36 heavy (non-hydrogen) atoms. The predicted molar refractivity (Wildman–Crippen MR) is 133 cm³/mol. The van der Waals surface area contributed by atoms with Gasteiger partial charge in [-0.2, -0.15) is 5.26 Å². The van der Waals surface area contributed by atoms with Crippen LogP contribution in [0.25, 0.3) is 0 Å². The maximum absolute atomic E-state index is 13.8. The topological polar surface area (TPSA) is 127 Å². The van der Waals surface area contributed by atoms with Crippen LogP contribution in [0.3, 0.4) is 0 Å². The lowest BCUT2D eigenvalue weighted by Crippen LogP contribution is -2.07. The van der Waals surface area contributed by atoms with E-state index in [1.165, 1.54) is 12.1 Å². The summed E-state index contributed by atoms with van der Waals surface area (Å²) in [5.41, 5.74) is 4.40. The van der Waals surface area contributed by atoms with E-state index in [2.05, 4.69) is 15.3 Å². The predicted octanol–water partition coefficient (Wildman–Crippen LogP) is 3.90. The number of rotatable bonds is 9. The molecular weight excluding hydrogens is 485 g/mol. The molecule has 2 aromatic heterocycles. The maximum Gasteiger partial charge on any atom is 0.182 e. The molecule has 0 unspecified atom stereocenters. The van der Waals surface area contributed by atoms with E-state index in [9.17, 15) is 18.1 Å². The summed E-state index contributed by atoms with van der Waals surface area (Å²) in [4.78, 5) is 13.5. The Morgan fingerprint density at radius 1 is 1.11 bits per heavy atom. The summed E-state index contributed by atoms with van der Waals surface area (Å²) in [6.45, 7) is 2.57. The summed E-state index contributed by atoms with van der Waals surface area (Å²) in [7, 11) is -2.13. The molecule has 0 bridgehead atoms. The number of anilines is 2. The van der Waals surface area contributed by atoms with Crippen molar-refractivity contribution in [2.24, 2.45) is 4.99 Å². The number of aromatic nitrogens is 2. The number of hydrogen-bond acceptors (Lipinski definition) is 9. The minimum Gasteiger partial charge on any atom is -0.488 e. The third-order valence-electron chi connectivity index (χ3n) is 5.39. The van der Waals surface area contributed by atoms with Crippen LogP contribution >= 0.6 is 0 Å². The second-order valence-electron chi connectivity index (χ2n) is 8.30. The number of halogens is 1. The first kappa shape index (κ1) is 25.2. The van der Waals surface area contributed by atoms with E-state index >= 15 is 0 Å². The molecule has 4 rings (SSSR count). The molecule has 1 aromatic carbocycles. The summed E-state index contributed by atoms with van der Waals surface area (Å²) in [5, 5.41) is 12.6. The van der Waals surface area contributed by atoms with Crippen LogP contribution in [0.15, 0.2) is 46.3 Å². The van der Waals surface area contributed by atoms with Crippen molar-refractivity contribution in [2.75, 3.05) is 31.9 Å². The largest absolute Gasteiger partial charge is 0.488 e. The molecule has 1 aliphatic heterocycles. The van der Waals surface area contributed by atoms with Gasteiger partial charge in [0.2, 0.25) is 0 Å². The number of hydrogen-bond donors (Lipinski definition) is 1. The van der Waals surface area contributed by atoms with Gasteiger partial charge in [0.25, 0.3) is 0 Å². The Balaban J connectivity index is 1.68. The van der Waals surface area contributed by atoms with E-state index in [0.29, 0.717) is 54.6 Å². The third kappa shape index (κ3) is 5.67. The second-order valence-corrected chi connectivity index (χ2v) is 10.3. The minimum atomic E-state index is -3.69. The van der Waals surface area contributed by atoms with Crippen molar-refractivity contribution in [3.8, 4) is 11.8 Å². The van der Waals surface area contributed by atoms with Crippen LogP contribution in [0.2, 0.25) is 0 Å². The Morgan fingerprint density at radius 3 is 2.64 bits per heavy atom. The summed E-state index contributed by atoms with van der Waals surface area (Å²) in [5.74, 6) is -0.277. The van der Waals surface area contributed by atoms with Crippen molar-refractivity contribution in [1.29, 1.82) is 5.26 Å². The average Bonchev–Trinajstić information content (AvgIpc) is 3.20. The number of benzene rings is 1. The lowest BCUT2D eigenvalue weighted by atomic mass is 10.1. The van der Waals surface area contributed by atoms with Crippen LogP contribution in [-0.4, -0.2) is 50.7 Å². The number of ether oxygens (including phenoxy) is 2. The molecule has 0 atom stereocenters. The number of methoxy groups -OCH3 is 1. The highest BCUT2D eigenvalue weighted by atomic mass is 32.2. The lowest BCUT2D eigenvalue weighted by Gasteiger charge is -2.15. The maximum atomic E-state index is 13.8. The number of nitrogens with one attached hydrogen (secondary N) is 1. The Hall–Kier alpha value is -3.88. The van der Waals surface area contributed by atoms with Crippen molar-refractivity contribution in [2.45, 2.75) is 24.7 Å². The minimum absolute atomic E-state index is 0.155. The smallest absolute Gasteiger partial charge is 0.182 e. The molecule has 9 nitrogen and oxygen atoms in total. The monoisotopic (exact) mass is 509 g/mol. The number of nitriles is 1. The van der Waals surface area contributed by atoms with E-state index in [-0.39, 0.29) is 16.3 Å². The standard InChI is InChI=1S/C25H24FN5O4S/c1-15-10-20-25(28-15)21(31-19-6-4-16(26)11-24(19)36(3,32)33)13-18(30-20)12-17-5-7-23(22(14-27)29-17)35-9-8-34-2/h4-7,11,13H,8-10,12H2,1-3H3,(H,30,31). The second kappa shape index (κ2) is 10.4. The van der Waals surface area contributed by atoms with Gasteiger partial charge in [-0.25, -0.2) is 17.8 Å². The quantitative estimate of drug-likeness (QED) is 0.431. The van der Waals surface area contributed by atoms with Crippen molar-refractivity contribution in [1.82, 2.24) is 9.97 Å². The van der Waals surface area contributed by atoms with Gasteiger partial charge in [0.1, 0.15) is 24.2 Å². The molecule has 0 spiro atoms. The normalized spacial score (nSPS) is 12.6. The molecule has 3 heterocycles. The molecule has 1 N–H and O–H groups in total. The first-order chi connectivity index (χ1) is 17.2. The fourth-order valence-electron chi connectivity index (χ4n) is 3.81. The number of sulfone groups is 1. The van der Waals surface area contributed by atoms with Gasteiger partial charge in [-0.3, -0.25) is 9.98 Å². The number of aliphatic imine (C=N–C) groups is 1. The molecular formula is C25H24FN5O4S. The van der Waals surface area contributed by atoms with E-state index in [1.807, 2.05) is 13.0 Å². The molecule has 1 aliphatic rings. The Labute approximate surface area is 208 Å². The fourth-order valence-corrected chi connectivity index (χ4v) is 4.65. The molecule has 186 valence electrons. The van der Waals surface area contributed by atoms with Crippen LogP contribution in [0.1, 0.15) is 29.7 Å². The first-order valence-electron chi connectivity index (χ1n) is 11.0. The number of fused-ring (bicyclic) bond motifs is 1. The van der Waals surface area contributed by atoms with Crippen molar-refractivity contribution in [3.05, 3.63) is 65.0 Å². The summed E-state index contributed by atoms with van der Waals surface area (Å²) in [6, 6.07) is 10.8. The van der Waals surface area contributed by atoms with Gasteiger partial charge < -0.3 is 14.8 Å². The SMILES string of the molecule is COCCOc1ccc(Cc2cc(Nc3ccc(F)cc3S(C)(=O)=O)c3c(n2)CC(C)=N3)nc1C#N. The fraction of sp³-hybridized carbons (Fsp3) is 0.280. The van der Waals surface area contributed by atoms with Crippen LogP contribution in [0.4, 0.5) is 21.5 Å². The zero-order chi connectivity index (χ0) is 25.9. The lowest BCUT2D eigenvalue weighted by molar-refractivity contribution is 0.146. The highest BCUT2D eigenvalue weighted by Gasteiger charge is 2.22. The molecule has 0 aliphatic carbocycles. The van der Waals surface area contributed by atoms with Gasteiger partial charge in [0.15, 0.2) is 21.3 Å². The Morgan fingerprint density at radius 2 is 1.92 bits per heavy atom. The highest BCUT2D eigenvalue weighted by Crippen LogP contribution is 2.38. The van der Waals surface area contributed by atoms with E-state index in [1.54, 1.807) is 25.3 Å². The van der Waals surface area contributed by atoms with E-state index in [4.69, 9.17) is 14.5 Å². The highest BCUT2D eigenvalue weighted by molar-refractivity contribution is 7.90. The zero-order valence-electron chi connectivity index (χ0n) is 20.0. The van der Waals surface area contributed by atoms with Crippen LogP contribution in [-0.2, 0) is 27.4 Å². The van der Waals surface area contributed by atoms with Gasteiger partial charge in [-0.15, -0.1) is 0 Å². The first-order valence-corrected chi connectivity index (χ1v) is 12.9. The van der Waals surface area contributed by atoms with Gasteiger partial charge in [-0.1, -0.05) is 0 Å². The molecule has 3 aromatic rings. The molecule has 0 radical (unpaired) electrons. The number of nitrogens with zero attached hydrogens (tertiary/aromatic N) is 4. The third-order valence-corrected chi connectivity index (χ3v) is 6.52. The average molecular weight is 510 g/mol. The Kier molecular flexibility index (Phi) is 7.28. The summed E-state index contributed by atoms with van der Waals surface area (Å²) in [6.07, 6.45) is 1.89. The van der Waals surface area contributed by atoms with Gasteiger partial charge in [-0.05, 0) is 43.3 Å². The van der Waals surface area contributed by atoms with Crippen molar-refractivity contribution >= 4 is 32.6 Å². The van der Waals surface area contributed by atoms with Gasteiger partial charge in [0, 0.05) is 43.3 Å². The van der Waals surface area contributed by atoms with E-state index in [0.717, 1.165) is 23.7 Å². The van der Waals surface area contributed by atoms with Gasteiger partial charge >= 0.3 is 0 Å². The zero-order valence-corrected chi connectivity index (χ0v) is 20.8. The van der Waals surface area contributed by atoms with Crippen molar-refractivity contribution < 1.29 is 22.3 Å².